The van der Waals surface area contributed by atoms with Gasteiger partial charge in [-0.1, -0.05) is 36.4 Å². The molecule has 3 aromatic rings. The average Bonchev–Trinajstić information content (AvgIpc) is 2.77. The lowest BCUT2D eigenvalue weighted by Crippen LogP contribution is -1.97. The molecule has 0 atom stereocenters. The number of fused-ring (bicyclic) bond motifs is 1. The first-order valence-corrected chi connectivity index (χ1v) is 6.07. The average molecular weight is 237 g/mol. The van der Waals surface area contributed by atoms with E-state index in [0.29, 0.717) is 0 Å². The van der Waals surface area contributed by atoms with Gasteiger partial charge < -0.3 is 9.67 Å². The Morgan fingerprint density at radius 2 is 1.72 bits per heavy atom. The molecule has 0 fully saturated rings. The summed E-state index contributed by atoms with van der Waals surface area (Å²) in [5, 5.41) is 10.7. The maximum Gasteiger partial charge on any atom is 0.0702 e. The fourth-order valence-corrected chi connectivity index (χ4v) is 2.43. The number of benzene rings is 2. The summed E-state index contributed by atoms with van der Waals surface area (Å²) >= 11 is 0. The summed E-state index contributed by atoms with van der Waals surface area (Å²) in [6, 6.07) is 16.3. The highest BCUT2D eigenvalue weighted by atomic mass is 16.3. The lowest BCUT2D eigenvalue weighted by atomic mass is 10.2. The Morgan fingerprint density at radius 1 is 1.00 bits per heavy atom. The van der Waals surface area contributed by atoms with Crippen molar-refractivity contribution in [2.45, 2.75) is 13.5 Å². The van der Waals surface area contributed by atoms with Crippen molar-refractivity contribution in [3.8, 4) is 5.69 Å². The van der Waals surface area contributed by atoms with E-state index in [-0.39, 0.29) is 6.61 Å². The molecule has 0 spiro atoms. The van der Waals surface area contributed by atoms with Crippen LogP contribution in [-0.2, 0) is 6.61 Å². The molecule has 18 heavy (non-hydrogen) atoms. The van der Waals surface area contributed by atoms with Crippen LogP contribution >= 0.6 is 0 Å². The van der Waals surface area contributed by atoms with Crippen LogP contribution in [-0.4, -0.2) is 9.67 Å². The van der Waals surface area contributed by atoms with E-state index in [1.165, 1.54) is 16.5 Å². The van der Waals surface area contributed by atoms with E-state index in [0.717, 1.165) is 11.3 Å². The molecule has 3 rings (SSSR count). The first-order valence-electron chi connectivity index (χ1n) is 6.07. The first-order chi connectivity index (χ1) is 8.81. The Morgan fingerprint density at radius 3 is 2.56 bits per heavy atom. The molecular weight excluding hydrogens is 222 g/mol. The standard InChI is InChI=1S/C16H15NO/c1-12-10-17(16-9-5-3-7-14(12)16)15-8-4-2-6-13(15)11-18/h2-10,18H,11H2,1H3. The quantitative estimate of drug-likeness (QED) is 0.725. The van der Waals surface area contributed by atoms with Crippen LogP contribution in [0.4, 0.5) is 0 Å². The van der Waals surface area contributed by atoms with Crippen molar-refractivity contribution < 1.29 is 5.11 Å². The first kappa shape index (κ1) is 11.1. The van der Waals surface area contributed by atoms with Crippen molar-refractivity contribution >= 4 is 10.9 Å². The Balaban J connectivity index is 2.32. The number of aliphatic hydroxyl groups excluding tert-OH is 1. The summed E-state index contributed by atoms with van der Waals surface area (Å²) < 4.78 is 2.15. The molecule has 90 valence electrons. The van der Waals surface area contributed by atoms with E-state index >= 15 is 0 Å². The van der Waals surface area contributed by atoms with Gasteiger partial charge in [-0.2, -0.15) is 0 Å². The molecular formula is C16H15NO. The summed E-state index contributed by atoms with van der Waals surface area (Å²) in [5.74, 6) is 0. The van der Waals surface area contributed by atoms with E-state index in [9.17, 15) is 5.11 Å². The summed E-state index contributed by atoms with van der Waals surface area (Å²) in [6.07, 6.45) is 2.12. The second-order valence-corrected chi connectivity index (χ2v) is 4.49. The predicted molar refractivity (Wildman–Crippen MR) is 73.9 cm³/mol. The van der Waals surface area contributed by atoms with Gasteiger partial charge in [-0.15, -0.1) is 0 Å². The normalized spacial score (nSPS) is 11.0. The van der Waals surface area contributed by atoms with Gasteiger partial charge in [0.15, 0.2) is 0 Å². The number of nitrogens with zero attached hydrogens (tertiary/aromatic N) is 1. The van der Waals surface area contributed by atoms with Gasteiger partial charge in [-0.25, -0.2) is 0 Å². The molecule has 0 bridgehead atoms. The summed E-state index contributed by atoms with van der Waals surface area (Å²) in [5.41, 5.74) is 4.41. The number of aliphatic hydroxyl groups is 1. The number of hydrogen-bond donors (Lipinski definition) is 1. The molecule has 0 amide bonds. The molecule has 0 aliphatic rings. The molecule has 2 nitrogen and oxygen atoms in total. The topological polar surface area (TPSA) is 25.2 Å². The summed E-state index contributed by atoms with van der Waals surface area (Å²) in [4.78, 5) is 0. The van der Waals surface area contributed by atoms with Crippen LogP contribution in [0.2, 0.25) is 0 Å². The van der Waals surface area contributed by atoms with Crippen molar-refractivity contribution in [1.29, 1.82) is 0 Å². The third kappa shape index (κ3) is 1.62. The van der Waals surface area contributed by atoms with Gasteiger partial charge in [0.25, 0.3) is 0 Å². The van der Waals surface area contributed by atoms with Crippen LogP contribution in [0.25, 0.3) is 16.6 Å². The minimum Gasteiger partial charge on any atom is -0.392 e. The molecule has 1 heterocycles. The SMILES string of the molecule is Cc1cn(-c2ccccc2CO)c2ccccc12. The second kappa shape index (κ2) is 4.31. The molecule has 0 saturated carbocycles. The van der Waals surface area contributed by atoms with Crippen molar-refractivity contribution in [1.82, 2.24) is 4.57 Å². The van der Waals surface area contributed by atoms with Gasteiger partial charge in [0.2, 0.25) is 0 Å². The molecule has 0 unspecified atom stereocenters. The number of aromatic nitrogens is 1. The third-order valence-corrected chi connectivity index (χ3v) is 3.33. The highest BCUT2D eigenvalue weighted by Crippen LogP contribution is 2.25. The molecule has 0 radical (unpaired) electrons. The Bertz CT molecular complexity index is 697. The van der Waals surface area contributed by atoms with E-state index in [4.69, 9.17) is 0 Å². The summed E-state index contributed by atoms with van der Waals surface area (Å²) in [7, 11) is 0. The van der Waals surface area contributed by atoms with Crippen LogP contribution in [0.15, 0.2) is 54.7 Å². The van der Waals surface area contributed by atoms with E-state index < -0.39 is 0 Å². The van der Waals surface area contributed by atoms with Gasteiger partial charge in [0.1, 0.15) is 0 Å². The van der Waals surface area contributed by atoms with Crippen LogP contribution in [0.3, 0.4) is 0 Å². The number of rotatable bonds is 2. The van der Waals surface area contributed by atoms with Gasteiger partial charge in [-0.05, 0) is 24.6 Å². The number of para-hydroxylation sites is 2. The minimum atomic E-state index is 0.0573. The molecule has 2 aromatic carbocycles. The maximum absolute atomic E-state index is 9.45. The monoisotopic (exact) mass is 237 g/mol. The maximum atomic E-state index is 9.45. The van der Waals surface area contributed by atoms with Crippen LogP contribution in [0, 0.1) is 6.92 Å². The van der Waals surface area contributed by atoms with E-state index in [2.05, 4.69) is 35.9 Å². The zero-order valence-electron chi connectivity index (χ0n) is 10.3. The van der Waals surface area contributed by atoms with Gasteiger partial charge in [0.05, 0.1) is 17.8 Å². The second-order valence-electron chi connectivity index (χ2n) is 4.49. The van der Waals surface area contributed by atoms with E-state index in [1.807, 2.05) is 30.3 Å². The van der Waals surface area contributed by atoms with Crippen molar-refractivity contribution in [3.63, 3.8) is 0 Å². The third-order valence-electron chi connectivity index (χ3n) is 3.33. The Hall–Kier alpha value is -2.06. The van der Waals surface area contributed by atoms with Gasteiger partial charge in [0, 0.05) is 17.1 Å². The van der Waals surface area contributed by atoms with Crippen LogP contribution in [0.5, 0.6) is 0 Å². The molecule has 2 heteroatoms. The largest absolute Gasteiger partial charge is 0.392 e. The molecule has 1 aromatic heterocycles. The highest BCUT2D eigenvalue weighted by Gasteiger charge is 2.08. The predicted octanol–water partition coefficient (Wildman–Crippen LogP) is 3.43. The molecule has 0 aliphatic carbocycles. The van der Waals surface area contributed by atoms with Gasteiger partial charge in [-0.3, -0.25) is 0 Å². The smallest absolute Gasteiger partial charge is 0.0702 e. The van der Waals surface area contributed by atoms with Gasteiger partial charge >= 0.3 is 0 Å². The van der Waals surface area contributed by atoms with Crippen molar-refractivity contribution in [3.05, 3.63) is 65.9 Å². The summed E-state index contributed by atoms with van der Waals surface area (Å²) in [6.45, 7) is 2.17. The number of hydrogen-bond acceptors (Lipinski definition) is 1. The van der Waals surface area contributed by atoms with E-state index in [1.54, 1.807) is 0 Å². The zero-order valence-corrected chi connectivity index (χ0v) is 10.3. The zero-order chi connectivity index (χ0) is 12.5. The number of aryl methyl sites for hydroxylation is 1. The lowest BCUT2D eigenvalue weighted by Gasteiger charge is -2.09. The minimum absolute atomic E-state index is 0.0573. The van der Waals surface area contributed by atoms with Crippen LogP contribution in [0.1, 0.15) is 11.1 Å². The fourth-order valence-electron chi connectivity index (χ4n) is 2.43. The molecule has 0 saturated heterocycles. The Kier molecular flexibility index (Phi) is 2.65. The van der Waals surface area contributed by atoms with Crippen molar-refractivity contribution in [2.75, 3.05) is 0 Å². The highest BCUT2D eigenvalue weighted by molar-refractivity contribution is 5.85. The molecule has 1 N–H and O–H groups in total. The lowest BCUT2D eigenvalue weighted by molar-refractivity contribution is 0.281. The Labute approximate surface area is 106 Å². The van der Waals surface area contributed by atoms with Crippen molar-refractivity contribution in [2.24, 2.45) is 0 Å². The molecule has 0 aliphatic heterocycles. The fraction of sp³-hybridized carbons (Fsp3) is 0.125. The van der Waals surface area contributed by atoms with Crippen LogP contribution < -0.4 is 0 Å².